The van der Waals surface area contributed by atoms with Gasteiger partial charge < -0.3 is 0 Å². The van der Waals surface area contributed by atoms with Gasteiger partial charge in [-0.25, -0.2) is 8.78 Å². The highest BCUT2D eigenvalue weighted by Gasteiger charge is 2.43. The Bertz CT molecular complexity index is 5410. The van der Waals surface area contributed by atoms with E-state index >= 15 is 4.39 Å². The van der Waals surface area contributed by atoms with E-state index in [1.54, 1.807) is 81.2 Å². The molecule has 0 saturated carbocycles. The number of nitriles is 4. The van der Waals surface area contributed by atoms with Crippen molar-refractivity contribution in [2.45, 2.75) is 55.4 Å². The molecule has 0 radical (unpaired) electrons. The SMILES string of the molecule is Cc1cccc(C)c1B1c2c(C)cccc2B(Br)c2cccc(C)c21.Cc1cccc(C)c1B1c2c(C)cccc2B(c2c(C#N)cccc2-c2cccc(C#N)c2F)c2cccc(C)c21.N#Cc1cccc(-c2cccc(C#N)c2Br)c1F.S=S=S=S=S.S=S=S=S=S=S.S=S=S=S=S=S=S. The molecule has 0 saturated heterocycles. The lowest BCUT2D eigenvalue weighted by Crippen LogP contribution is -2.76. The number of aryl methyl sites for hydroxylation is 8. The fraction of sp³-hybridized carbons (Fsp3) is 0.111. The summed E-state index contributed by atoms with van der Waals surface area (Å²) in [6, 6.07) is 67.6. The molecule has 0 spiro atoms. The number of benzene rings is 10. The molecular formula is C72H54B4Br2F2N4S18. The fourth-order valence-corrected chi connectivity index (χ4v) is 31.0. The maximum Gasteiger partial charge on any atom is 0.286 e. The van der Waals surface area contributed by atoms with Crippen LogP contribution in [0.25, 0.3) is 22.3 Å². The summed E-state index contributed by atoms with van der Waals surface area (Å²) in [6.45, 7) is 17.7. The molecule has 10 aromatic carbocycles. The quantitative estimate of drug-likeness (QED) is 0.155. The van der Waals surface area contributed by atoms with E-state index in [4.69, 9.17) is 10.5 Å². The Morgan fingerprint density at radius 2 is 0.559 bits per heavy atom. The molecule has 102 heavy (non-hydrogen) atoms. The van der Waals surface area contributed by atoms with Gasteiger partial charge in [-0.05, 0) is 107 Å². The van der Waals surface area contributed by atoms with Gasteiger partial charge in [0.25, 0.3) is 5.54 Å². The van der Waals surface area contributed by atoms with E-state index in [0.29, 0.717) is 44.6 Å². The third kappa shape index (κ3) is 20.3. The molecule has 30 heteroatoms. The largest absolute Gasteiger partial charge is 0.286 e. The van der Waals surface area contributed by atoms with Gasteiger partial charge in [-0.15, -0.1) is 15.8 Å². The van der Waals surface area contributed by atoms with E-state index in [1.807, 2.05) is 24.3 Å². The van der Waals surface area contributed by atoms with Crippen molar-refractivity contribution in [2.24, 2.45) is 0 Å². The van der Waals surface area contributed by atoms with E-state index in [1.165, 1.54) is 180 Å². The van der Waals surface area contributed by atoms with Crippen molar-refractivity contribution < 1.29 is 8.78 Å². The Kier molecular flexibility index (Phi) is 35.2. The second kappa shape index (κ2) is 42.5. The summed E-state index contributed by atoms with van der Waals surface area (Å²) < 4.78 is 30.3. The van der Waals surface area contributed by atoms with Crippen LogP contribution in [0, 0.1) is 112 Å². The van der Waals surface area contributed by atoms with Crippen LogP contribution in [0.3, 0.4) is 0 Å². The first-order valence-electron chi connectivity index (χ1n) is 30.3. The van der Waals surface area contributed by atoms with Crippen molar-refractivity contribution in [3.63, 3.8) is 0 Å². The Morgan fingerprint density at radius 1 is 0.294 bits per heavy atom. The molecule has 0 atom stereocenters. The molecule has 2 aliphatic rings. The van der Waals surface area contributed by atoms with Crippen LogP contribution >= 0.6 is 31.7 Å². The first-order valence-corrected chi connectivity index (χ1v) is 52.0. The summed E-state index contributed by atoms with van der Waals surface area (Å²) in [6.07, 6.45) is 0. The van der Waals surface area contributed by atoms with Gasteiger partial charge in [0.15, 0.2) is 0 Å². The predicted molar refractivity (Wildman–Crippen MR) is 487 cm³/mol. The lowest BCUT2D eigenvalue weighted by Gasteiger charge is -2.36. The lowest BCUT2D eigenvalue weighted by molar-refractivity contribution is 0.627. The zero-order valence-corrected chi connectivity index (χ0v) is 73.1. The predicted octanol–water partition coefficient (Wildman–Crippen LogP) is 10.0. The highest BCUT2D eigenvalue weighted by atomic mass is 79.9. The van der Waals surface area contributed by atoms with Crippen molar-refractivity contribution in [1.29, 1.82) is 21.0 Å². The van der Waals surface area contributed by atoms with Gasteiger partial charge >= 0.3 is 0 Å². The molecule has 10 aromatic rings. The first kappa shape index (κ1) is 84.5. The van der Waals surface area contributed by atoms with Crippen molar-refractivity contribution in [3.8, 4) is 46.5 Å². The second-order valence-electron chi connectivity index (χ2n) is 22.6. The molecule has 0 aliphatic carbocycles. The summed E-state index contributed by atoms with van der Waals surface area (Å²) >= 11 is 34.3. The van der Waals surface area contributed by atoms with Crippen LogP contribution in [0.2, 0.25) is 0 Å². The van der Waals surface area contributed by atoms with E-state index in [2.05, 4.69) is 269 Å². The Balaban J connectivity index is 0.000000203. The first-order chi connectivity index (χ1) is 49.3. The molecule has 2 aliphatic heterocycles. The molecular weight excluding hydrogens is 1740 g/mol. The van der Waals surface area contributed by atoms with Crippen molar-refractivity contribution in [1.82, 2.24) is 0 Å². The molecule has 2 heterocycles. The minimum absolute atomic E-state index is 0.0120. The standard InChI is InChI=1S/C36H27B2FN2.C22H21B2Br.C14H6BrFN2.S7.S6.S5/c1-22-10-5-11-23(2)32(22)38-33-24(3)12-6-18-30(33)37(31-19-7-13-25(4)34(31)38)35-26(20-40)14-8-16-28(35)29-17-9-15-27(21-41)36(29)39;1-14-8-5-9-15(2)20(14)23-21-16(3)10-6-12-18(21)24(25)19-13-7-11-17(4)22(19)23;15-13-9(7-17)3-1-5-11(13)12-6-2-4-10(8-18)14(12)16;1-3-5-7-6-4-2;1-3-5-6-4-2;1-3-5-4-2/h5-19H,1-4H3;5-13H,1-4H3;1-6H;;;. The topological polar surface area (TPSA) is 95.2 Å². The Hall–Kier alpha value is -4.80. The normalized spacial score (nSPS) is 10.7. The average Bonchev–Trinajstić information content (AvgIpc) is 0.721. The molecule has 510 valence electrons. The molecule has 0 amide bonds. The minimum atomic E-state index is -0.573. The van der Waals surface area contributed by atoms with Gasteiger partial charge in [-0.2, -0.15) is 21.0 Å². The van der Waals surface area contributed by atoms with Crippen LogP contribution in [0.1, 0.15) is 66.8 Å². The summed E-state index contributed by atoms with van der Waals surface area (Å²) in [7, 11) is 16.9. The second-order valence-corrected chi connectivity index (χ2v) is 45.6. The van der Waals surface area contributed by atoms with Crippen LogP contribution in [0.5, 0.6) is 0 Å². The zero-order valence-electron chi connectivity index (χ0n) is 55.3. The van der Waals surface area contributed by atoms with Gasteiger partial charge in [0.2, 0.25) is 20.1 Å². The molecule has 0 unspecified atom stereocenters. The van der Waals surface area contributed by atoms with Crippen LogP contribution < -0.4 is 60.1 Å². The number of nitrogens with zero attached hydrogens (tertiary/aromatic N) is 4. The molecule has 12 rings (SSSR count). The average molecular weight is 1790 g/mol. The monoisotopic (exact) mass is 1790 g/mol. The van der Waals surface area contributed by atoms with Crippen LogP contribution in [0.15, 0.2) is 186 Å². The van der Waals surface area contributed by atoms with E-state index in [0.717, 1.165) is 16.4 Å². The number of rotatable bonds is 5. The number of halogens is 4. The van der Waals surface area contributed by atoms with Gasteiger partial charge in [-0.1, -0.05) is 257 Å². The Morgan fingerprint density at radius 3 is 0.902 bits per heavy atom. The van der Waals surface area contributed by atoms with Crippen LogP contribution in [-0.4, -0.2) is 25.7 Å². The Labute approximate surface area is 678 Å². The third-order valence-corrected chi connectivity index (χ3v) is 39.0. The van der Waals surface area contributed by atoms with E-state index in [-0.39, 0.29) is 30.1 Å². The van der Waals surface area contributed by atoms with Crippen molar-refractivity contribution in [3.05, 3.63) is 265 Å². The number of hydrogen-bond donors (Lipinski definition) is 0. The third-order valence-electron chi connectivity index (χ3n) is 17.1. The van der Waals surface area contributed by atoms with E-state index in [9.17, 15) is 14.9 Å². The molecule has 0 bridgehead atoms. The maximum atomic E-state index is 15.7. The fourth-order valence-electron chi connectivity index (χ4n) is 13.2. The maximum absolute atomic E-state index is 15.7. The zero-order chi connectivity index (χ0) is 74.2. The molecule has 4 nitrogen and oxygen atoms in total. The smallest absolute Gasteiger partial charge is 0.205 e. The summed E-state index contributed by atoms with van der Waals surface area (Å²) in [5, 5.41) is 37.7. The summed E-state index contributed by atoms with van der Waals surface area (Å²) in [5.41, 5.74) is 27.4. The van der Waals surface area contributed by atoms with Crippen LogP contribution in [-0.2, 0) is 174 Å². The van der Waals surface area contributed by atoms with Gasteiger partial charge in [0.1, 0.15) is 29.8 Å². The van der Waals surface area contributed by atoms with Crippen molar-refractivity contribution in [2.75, 3.05) is 0 Å². The molecule has 0 fully saturated rings. The molecule has 0 aromatic heterocycles. The van der Waals surface area contributed by atoms with Gasteiger partial charge in [-0.3, -0.25) is 0 Å². The number of fused-ring (bicyclic) bond motifs is 4. The highest BCUT2D eigenvalue weighted by Crippen LogP contribution is 2.33. The summed E-state index contributed by atoms with van der Waals surface area (Å²) in [4.78, 5) is 0. The van der Waals surface area contributed by atoms with Crippen molar-refractivity contribution >= 4 is 291 Å². The van der Waals surface area contributed by atoms with Gasteiger partial charge in [0.05, 0.1) is 22.8 Å². The number of hydrogen-bond acceptors (Lipinski definition) is 10. The van der Waals surface area contributed by atoms with Gasteiger partial charge in [0, 0.05) is 200 Å². The highest BCUT2D eigenvalue weighted by molar-refractivity contribution is 9.25. The van der Waals surface area contributed by atoms with E-state index < -0.39 is 11.6 Å². The minimum Gasteiger partial charge on any atom is -0.205 e. The van der Waals surface area contributed by atoms with Crippen LogP contribution in [0.4, 0.5) is 8.78 Å². The molecule has 0 N–H and O–H groups in total. The summed E-state index contributed by atoms with van der Waals surface area (Å²) in [5.74, 6) is -1.14. The lowest BCUT2D eigenvalue weighted by atomic mass is 9.19.